The predicted octanol–water partition coefficient (Wildman–Crippen LogP) is 9.28. The van der Waals surface area contributed by atoms with E-state index in [9.17, 15) is 0 Å². The van der Waals surface area contributed by atoms with Crippen LogP contribution in [0.1, 0.15) is 116 Å². The molecule has 0 aliphatic rings. The summed E-state index contributed by atoms with van der Waals surface area (Å²) < 4.78 is 11.9. The van der Waals surface area contributed by atoms with Gasteiger partial charge in [-0.25, -0.2) is 0 Å². The summed E-state index contributed by atoms with van der Waals surface area (Å²) in [7, 11) is 0. The molecule has 2 atom stereocenters. The number of benzene rings is 1. The number of hydrogen-bond acceptors (Lipinski definition) is 2. The van der Waals surface area contributed by atoms with Gasteiger partial charge in [-0.3, -0.25) is 0 Å². The van der Waals surface area contributed by atoms with E-state index in [0.29, 0.717) is 13.2 Å². The second kappa shape index (κ2) is 21.7. The van der Waals surface area contributed by atoms with Crippen molar-refractivity contribution in [1.29, 1.82) is 0 Å². The highest BCUT2D eigenvalue weighted by Crippen LogP contribution is 2.14. The Hall–Kier alpha value is -1.12. The van der Waals surface area contributed by atoms with E-state index in [4.69, 9.17) is 9.47 Å². The van der Waals surface area contributed by atoms with Crippen molar-refractivity contribution in [2.75, 3.05) is 13.2 Å². The van der Waals surface area contributed by atoms with Crippen LogP contribution in [0.25, 0.3) is 0 Å². The van der Waals surface area contributed by atoms with Crippen LogP contribution in [0.4, 0.5) is 0 Å². The number of hydrogen-bond donors (Lipinski definition) is 0. The summed E-state index contributed by atoms with van der Waals surface area (Å²) in [4.78, 5) is 0. The van der Waals surface area contributed by atoms with Gasteiger partial charge in [0.05, 0.1) is 19.3 Å². The minimum absolute atomic E-state index is 0.198. The fourth-order valence-electron chi connectivity index (χ4n) is 3.95. The lowest BCUT2D eigenvalue weighted by atomic mass is 10.0. The highest BCUT2D eigenvalue weighted by Gasteiger charge is 2.07. The van der Waals surface area contributed by atoms with Crippen molar-refractivity contribution < 1.29 is 9.47 Å². The van der Waals surface area contributed by atoms with Crippen molar-refractivity contribution in [3.63, 3.8) is 0 Å². The van der Waals surface area contributed by atoms with E-state index in [-0.39, 0.29) is 6.10 Å². The Bertz CT molecular complexity index is 525. The van der Waals surface area contributed by atoms with Crippen LogP contribution >= 0.6 is 0 Å². The van der Waals surface area contributed by atoms with Crippen molar-refractivity contribution in [3.8, 4) is 0 Å². The topological polar surface area (TPSA) is 18.5 Å². The van der Waals surface area contributed by atoms with Gasteiger partial charge in [-0.05, 0) is 43.6 Å². The quantitative estimate of drug-likeness (QED) is 0.131. The molecule has 0 saturated heterocycles. The van der Waals surface area contributed by atoms with E-state index >= 15 is 0 Å². The maximum atomic E-state index is 5.99. The summed E-state index contributed by atoms with van der Waals surface area (Å²) >= 11 is 0. The van der Waals surface area contributed by atoms with Gasteiger partial charge < -0.3 is 9.47 Å². The van der Waals surface area contributed by atoms with E-state index in [0.717, 1.165) is 25.4 Å². The lowest BCUT2D eigenvalue weighted by Gasteiger charge is -2.16. The van der Waals surface area contributed by atoms with Crippen molar-refractivity contribution in [2.24, 2.45) is 5.92 Å². The largest absolute Gasteiger partial charge is 0.379 e. The second-order valence-electron chi connectivity index (χ2n) is 9.42. The minimum Gasteiger partial charge on any atom is -0.379 e. The molecule has 184 valence electrons. The third kappa shape index (κ3) is 17.4. The molecule has 2 heteroatoms. The monoisotopic (exact) mass is 444 g/mol. The predicted molar refractivity (Wildman–Crippen MR) is 140 cm³/mol. The van der Waals surface area contributed by atoms with Crippen LogP contribution < -0.4 is 0 Å². The van der Waals surface area contributed by atoms with Crippen molar-refractivity contribution in [3.05, 3.63) is 48.0 Å². The van der Waals surface area contributed by atoms with Gasteiger partial charge in [0.25, 0.3) is 0 Å². The molecule has 0 amide bonds. The Kier molecular flexibility index (Phi) is 19.6. The summed E-state index contributed by atoms with van der Waals surface area (Å²) in [6.45, 7) is 9.07. The first-order valence-corrected chi connectivity index (χ1v) is 13.7. The Morgan fingerprint density at radius 3 is 2.25 bits per heavy atom. The molecule has 0 aromatic heterocycles. The van der Waals surface area contributed by atoms with E-state index in [2.05, 4.69) is 57.2 Å². The number of rotatable bonds is 22. The van der Waals surface area contributed by atoms with Gasteiger partial charge in [-0.1, -0.05) is 121 Å². The van der Waals surface area contributed by atoms with Crippen LogP contribution in [0.5, 0.6) is 0 Å². The average Bonchev–Trinajstić information content (AvgIpc) is 2.82. The van der Waals surface area contributed by atoms with Gasteiger partial charge >= 0.3 is 0 Å². The zero-order valence-corrected chi connectivity index (χ0v) is 21.5. The van der Waals surface area contributed by atoms with Crippen LogP contribution in [0.2, 0.25) is 0 Å². The summed E-state index contributed by atoms with van der Waals surface area (Å²) in [5.41, 5.74) is 1.23. The molecule has 0 aliphatic carbocycles. The second-order valence-corrected chi connectivity index (χ2v) is 9.42. The van der Waals surface area contributed by atoms with Crippen molar-refractivity contribution in [2.45, 2.75) is 123 Å². The zero-order chi connectivity index (χ0) is 23.1. The minimum atomic E-state index is 0.198. The van der Waals surface area contributed by atoms with Gasteiger partial charge in [0, 0.05) is 6.61 Å². The molecule has 1 rings (SSSR count). The Balaban J connectivity index is 1.89. The molecule has 0 saturated carbocycles. The van der Waals surface area contributed by atoms with Crippen LogP contribution in [0, 0.1) is 5.92 Å². The Morgan fingerprint density at radius 2 is 1.50 bits per heavy atom. The van der Waals surface area contributed by atoms with Gasteiger partial charge in [0.15, 0.2) is 0 Å². The third-order valence-corrected chi connectivity index (χ3v) is 6.22. The molecular weight excluding hydrogens is 392 g/mol. The molecule has 2 nitrogen and oxygen atoms in total. The maximum Gasteiger partial charge on any atom is 0.0810 e. The third-order valence-electron chi connectivity index (χ3n) is 6.22. The van der Waals surface area contributed by atoms with Crippen LogP contribution in [0.3, 0.4) is 0 Å². The molecule has 0 radical (unpaired) electrons. The normalized spacial score (nSPS) is 13.6. The highest BCUT2D eigenvalue weighted by molar-refractivity contribution is 5.13. The molecule has 0 aliphatic heterocycles. The zero-order valence-electron chi connectivity index (χ0n) is 21.5. The molecule has 0 fully saturated rings. The fraction of sp³-hybridized carbons (Fsp3) is 0.733. The van der Waals surface area contributed by atoms with Gasteiger partial charge in [0.2, 0.25) is 0 Å². The molecule has 0 N–H and O–H groups in total. The van der Waals surface area contributed by atoms with Crippen molar-refractivity contribution >= 4 is 0 Å². The lowest BCUT2D eigenvalue weighted by molar-refractivity contribution is -0.0269. The summed E-state index contributed by atoms with van der Waals surface area (Å²) in [5.74, 6) is 0.725. The van der Waals surface area contributed by atoms with Gasteiger partial charge in [0.1, 0.15) is 0 Å². The Labute approximate surface area is 200 Å². The first-order chi connectivity index (χ1) is 15.8. The van der Waals surface area contributed by atoms with E-state index in [1.54, 1.807) is 0 Å². The first kappa shape index (κ1) is 28.9. The Morgan fingerprint density at radius 1 is 0.812 bits per heavy atom. The number of unbranched alkanes of at least 4 members (excludes halogenated alkanes) is 10. The van der Waals surface area contributed by atoms with Gasteiger partial charge in [-0.2, -0.15) is 0 Å². The van der Waals surface area contributed by atoms with E-state index in [1.807, 2.05) is 6.07 Å². The van der Waals surface area contributed by atoms with Crippen molar-refractivity contribution in [1.82, 2.24) is 0 Å². The van der Waals surface area contributed by atoms with E-state index < -0.39 is 0 Å². The average molecular weight is 445 g/mol. The summed E-state index contributed by atoms with van der Waals surface area (Å²) in [6, 6.07) is 10.4. The smallest absolute Gasteiger partial charge is 0.0810 e. The summed E-state index contributed by atoms with van der Waals surface area (Å²) in [6.07, 6.45) is 23.6. The first-order valence-electron chi connectivity index (χ1n) is 13.7. The SMILES string of the molecule is CCCCCCCCC/C=C/C(C)CCCCCCOCC(CC)OCc1ccccc1. The van der Waals surface area contributed by atoms with Gasteiger partial charge in [-0.15, -0.1) is 0 Å². The van der Waals surface area contributed by atoms with Crippen LogP contribution in [-0.2, 0) is 16.1 Å². The number of ether oxygens (including phenoxy) is 2. The van der Waals surface area contributed by atoms with E-state index in [1.165, 1.54) is 82.6 Å². The molecule has 1 aromatic rings. The molecule has 32 heavy (non-hydrogen) atoms. The van der Waals surface area contributed by atoms with Crippen LogP contribution in [-0.4, -0.2) is 19.3 Å². The maximum absolute atomic E-state index is 5.99. The molecule has 0 bridgehead atoms. The fourth-order valence-corrected chi connectivity index (χ4v) is 3.95. The lowest BCUT2D eigenvalue weighted by Crippen LogP contribution is -2.19. The molecular formula is C30H52O2. The van der Waals surface area contributed by atoms with Crippen LogP contribution in [0.15, 0.2) is 42.5 Å². The standard InChI is InChI=1S/C30H52O2/c1-4-6-7-8-9-10-11-12-16-21-28(3)22-17-13-14-20-25-31-27-30(5-2)32-26-29-23-18-15-19-24-29/h15-16,18-19,21,23-24,28,30H,4-14,17,20,22,25-27H2,1-3H3/b21-16+. The molecule has 0 heterocycles. The number of allylic oxidation sites excluding steroid dienone is 2. The molecule has 0 spiro atoms. The highest BCUT2D eigenvalue weighted by atomic mass is 16.5. The molecule has 1 aromatic carbocycles. The molecule has 2 unspecified atom stereocenters. The summed E-state index contributed by atoms with van der Waals surface area (Å²) in [5, 5.41) is 0.